The molecule has 0 aliphatic heterocycles. The molecule has 2 heterocycles. The van der Waals surface area contributed by atoms with Crippen LogP contribution in [0.3, 0.4) is 0 Å². The molecule has 8 aromatic rings. The Balaban J connectivity index is 1.53. The number of furan rings is 1. The smallest absolute Gasteiger partial charge is 0.161 e. The van der Waals surface area contributed by atoms with Crippen molar-refractivity contribution in [3.05, 3.63) is 121 Å². The lowest BCUT2D eigenvalue weighted by atomic mass is 9.99. The van der Waals surface area contributed by atoms with E-state index in [9.17, 15) is 0 Å². The van der Waals surface area contributed by atoms with E-state index < -0.39 is 0 Å². The van der Waals surface area contributed by atoms with Crippen molar-refractivity contribution in [1.82, 2.24) is 9.97 Å². The first kappa shape index (κ1) is 20.2. The van der Waals surface area contributed by atoms with Crippen LogP contribution in [0, 0.1) is 0 Å². The highest BCUT2D eigenvalue weighted by Crippen LogP contribution is 2.40. The van der Waals surface area contributed by atoms with Crippen LogP contribution in [0.5, 0.6) is 0 Å². The van der Waals surface area contributed by atoms with Gasteiger partial charge in [0.1, 0.15) is 11.2 Å². The summed E-state index contributed by atoms with van der Waals surface area (Å²) in [6, 6.07) is 41.9. The molecular weight excluding hydrogens is 452 g/mol. The summed E-state index contributed by atoms with van der Waals surface area (Å²) in [6.07, 6.45) is 0. The number of para-hydroxylation sites is 1. The van der Waals surface area contributed by atoms with Crippen molar-refractivity contribution in [3.63, 3.8) is 0 Å². The van der Waals surface area contributed by atoms with Gasteiger partial charge in [-0.25, -0.2) is 9.97 Å². The van der Waals surface area contributed by atoms with Crippen LogP contribution in [-0.4, -0.2) is 9.97 Å². The monoisotopic (exact) mass is 472 g/mol. The summed E-state index contributed by atoms with van der Waals surface area (Å²) in [5.74, 6) is 0.696. The number of fused-ring (bicyclic) bond motifs is 8. The van der Waals surface area contributed by atoms with Crippen molar-refractivity contribution in [2.45, 2.75) is 0 Å². The van der Waals surface area contributed by atoms with Gasteiger partial charge in [-0.1, -0.05) is 103 Å². The molecule has 2 aromatic heterocycles. The molecule has 6 aromatic carbocycles. The third-order valence-corrected chi connectivity index (χ3v) is 7.27. The maximum atomic E-state index is 6.44. The van der Waals surface area contributed by atoms with Crippen molar-refractivity contribution in [3.8, 4) is 22.6 Å². The summed E-state index contributed by atoms with van der Waals surface area (Å²) in [6.45, 7) is 0. The van der Waals surface area contributed by atoms with Gasteiger partial charge >= 0.3 is 0 Å². The molecule has 0 aliphatic carbocycles. The number of benzene rings is 6. The van der Waals surface area contributed by atoms with Crippen molar-refractivity contribution in [1.29, 1.82) is 0 Å². The molecule has 0 saturated carbocycles. The average molecular weight is 473 g/mol. The van der Waals surface area contributed by atoms with Crippen LogP contribution in [0.2, 0.25) is 0 Å². The minimum atomic E-state index is 0.696. The third kappa shape index (κ3) is 3.01. The average Bonchev–Trinajstić information content (AvgIpc) is 3.36. The van der Waals surface area contributed by atoms with Crippen LogP contribution in [0.25, 0.3) is 77.0 Å². The van der Waals surface area contributed by atoms with E-state index in [1.807, 2.05) is 18.2 Å². The largest absolute Gasteiger partial charge is 0.455 e. The maximum absolute atomic E-state index is 6.44. The molecule has 0 amide bonds. The molecular formula is C34H20N2O. The first-order chi connectivity index (χ1) is 18.3. The fourth-order valence-electron chi connectivity index (χ4n) is 5.54. The predicted octanol–water partition coefficient (Wildman–Crippen LogP) is 9.17. The summed E-state index contributed by atoms with van der Waals surface area (Å²) in [5.41, 5.74) is 5.68. The third-order valence-electron chi connectivity index (χ3n) is 7.27. The zero-order chi connectivity index (χ0) is 24.3. The second-order valence-corrected chi connectivity index (χ2v) is 9.39. The second-order valence-electron chi connectivity index (χ2n) is 9.39. The molecule has 0 spiro atoms. The highest BCUT2D eigenvalue weighted by molar-refractivity contribution is 6.19. The van der Waals surface area contributed by atoms with Gasteiger partial charge in [0.15, 0.2) is 5.82 Å². The van der Waals surface area contributed by atoms with E-state index in [4.69, 9.17) is 14.4 Å². The predicted molar refractivity (Wildman–Crippen MR) is 153 cm³/mol. The summed E-state index contributed by atoms with van der Waals surface area (Å²) in [5, 5.41) is 7.69. The Morgan fingerprint density at radius 1 is 0.486 bits per heavy atom. The van der Waals surface area contributed by atoms with Gasteiger partial charge in [-0.15, -0.1) is 0 Å². The van der Waals surface area contributed by atoms with Gasteiger partial charge in [0.2, 0.25) is 0 Å². The molecule has 0 aliphatic rings. The standard InChI is InChI=1S/C34H20N2O/c1-2-10-23(11-3-1)31-28-20-17-21-9-4-5-13-24(21)32(28)36-34(35-31)27-15-8-12-22-18-19-26-25-14-6-7-16-29(25)37-33(26)30(22)27/h1-20H. The summed E-state index contributed by atoms with van der Waals surface area (Å²) in [4.78, 5) is 10.4. The molecule has 0 fully saturated rings. The van der Waals surface area contributed by atoms with E-state index >= 15 is 0 Å². The zero-order valence-electron chi connectivity index (χ0n) is 19.8. The zero-order valence-corrected chi connectivity index (χ0v) is 19.8. The molecule has 3 heteroatoms. The molecule has 37 heavy (non-hydrogen) atoms. The molecule has 0 N–H and O–H groups in total. The van der Waals surface area contributed by atoms with Gasteiger partial charge in [-0.05, 0) is 29.0 Å². The number of nitrogens with zero attached hydrogens (tertiary/aromatic N) is 2. The van der Waals surface area contributed by atoms with Gasteiger partial charge in [0.25, 0.3) is 0 Å². The Kier molecular flexibility index (Phi) is 4.23. The van der Waals surface area contributed by atoms with Crippen LogP contribution in [0.1, 0.15) is 0 Å². The molecule has 0 unspecified atom stereocenters. The second kappa shape index (κ2) is 7.74. The van der Waals surface area contributed by atoms with Crippen LogP contribution in [0.15, 0.2) is 126 Å². The van der Waals surface area contributed by atoms with Gasteiger partial charge in [0, 0.05) is 38.1 Å². The Labute approximate surface area is 212 Å². The van der Waals surface area contributed by atoms with Gasteiger partial charge in [-0.3, -0.25) is 0 Å². The van der Waals surface area contributed by atoms with E-state index in [-0.39, 0.29) is 0 Å². The lowest BCUT2D eigenvalue weighted by Gasteiger charge is -2.13. The Morgan fingerprint density at radius 2 is 1.22 bits per heavy atom. The highest BCUT2D eigenvalue weighted by Gasteiger charge is 2.18. The Hall–Kier alpha value is -5.02. The highest BCUT2D eigenvalue weighted by atomic mass is 16.3. The molecule has 0 bridgehead atoms. The molecule has 0 atom stereocenters. The van der Waals surface area contributed by atoms with E-state index in [1.54, 1.807) is 0 Å². The van der Waals surface area contributed by atoms with Crippen LogP contribution >= 0.6 is 0 Å². The minimum absolute atomic E-state index is 0.696. The lowest BCUT2D eigenvalue weighted by Crippen LogP contribution is -1.96. The number of hydrogen-bond acceptors (Lipinski definition) is 3. The Morgan fingerprint density at radius 3 is 2.14 bits per heavy atom. The minimum Gasteiger partial charge on any atom is -0.455 e. The first-order valence-corrected chi connectivity index (χ1v) is 12.4. The fraction of sp³-hybridized carbons (Fsp3) is 0. The topological polar surface area (TPSA) is 38.9 Å². The van der Waals surface area contributed by atoms with Gasteiger partial charge in [0.05, 0.1) is 11.2 Å². The van der Waals surface area contributed by atoms with E-state index in [1.165, 1.54) is 0 Å². The normalized spacial score (nSPS) is 11.8. The molecule has 8 rings (SSSR count). The fourth-order valence-corrected chi connectivity index (χ4v) is 5.54. The summed E-state index contributed by atoms with van der Waals surface area (Å²) >= 11 is 0. The van der Waals surface area contributed by atoms with Crippen molar-refractivity contribution < 1.29 is 4.42 Å². The lowest BCUT2D eigenvalue weighted by molar-refractivity contribution is 0.673. The van der Waals surface area contributed by atoms with Crippen molar-refractivity contribution >= 4 is 54.4 Å². The van der Waals surface area contributed by atoms with Crippen LogP contribution in [-0.2, 0) is 0 Å². The summed E-state index contributed by atoms with van der Waals surface area (Å²) in [7, 11) is 0. The Bertz CT molecular complexity index is 2140. The van der Waals surface area contributed by atoms with E-state index in [0.29, 0.717) is 5.82 Å². The number of rotatable bonds is 2. The maximum Gasteiger partial charge on any atom is 0.161 e. The SMILES string of the molecule is c1ccc(-c2nc(-c3cccc4ccc5c6ccccc6oc5c34)nc3c2ccc2ccccc23)cc1. The van der Waals surface area contributed by atoms with Crippen LogP contribution < -0.4 is 0 Å². The molecule has 0 radical (unpaired) electrons. The van der Waals surface area contributed by atoms with Crippen molar-refractivity contribution in [2.75, 3.05) is 0 Å². The quantitative estimate of drug-likeness (QED) is 0.235. The van der Waals surface area contributed by atoms with E-state index in [2.05, 4.69) is 103 Å². The van der Waals surface area contributed by atoms with Gasteiger partial charge in [-0.2, -0.15) is 0 Å². The number of aromatic nitrogens is 2. The first-order valence-electron chi connectivity index (χ1n) is 12.4. The van der Waals surface area contributed by atoms with Gasteiger partial charge < -0.3 is 4.42 Å². The van der Waals surface area contributed by atoms with E-state index in [0.717, 1.165) is 71.2 Å². The molecule has 172 valence electrons. The van der Waals surface area contributed by atoms with Crippen LogP contribution in [0.4, 0.5) is 0 Å². The molecule has 3 nitrogen and oxygen atoms in total. The summed E-state index contributed by atoms with van der Waals surface area (Å²) < 4.78 is 6.44. The van der Waals surface area contributed by atoms with Crippen molar-refractivity contribution in [2.24, 2.45) is 0 Å². The molecule has 0 saturated heterocycles. The number of hydrogen-bond donors (Lipinski definition) is 0.